The number of carbonyl (C=O) groups excluding carboxylic acids is 1. The number of benzene rings is 1. The van der Waals surface area contributed by atoms with Gasteiger partial charge in [-0.3, -0.25) is 4.79 Å². The van der Waals surface area contributed by atoms with Crippen molar-refractivity contribution in [3.8, 4) is 17.2 Å². The Balaban J connectivity index is 2.78. The van der Waals surface area contributed by atoms with Crippen LogP contribution in [-0.2, 0) is 10.5 Å². The van der Waals surface area contributed by atoms with Gasteiger partial charge in [0.05, 0.1) is 21.3 Å². The molecule has 0 heterocycles. The van der Waals surface area contributed by atoms with Crippen LogP contribution in [0.15, 0.2) is 12.1 Å². The fourth-order valence-corrected chi connectivity index (χ4v) is 2.76. The van der Waals surface area contributed by atoms with E-state index in [9.17, 15) is 4.79 Å². The first-order valence-electron chi connectivity index (χ1n) is 7.25. The van der Waals surface area contributed by atoms with Crippen LogP contribution in [0.3, 0.4) is 0 Å². The molecule has 0 spiro atoms. The van der Waals surface area contributed by atoms with E-state index in [4.69, 9.17) is 14.2 Å². The molecular weight excluding hydrogens is 300 g/mol. The zero-order valence-corrected chi connectivity index (χ0v) is 15.1. The van der Waals surface area contributed by atoms with Crippen molar-refractivity contribution in [2.75, 3.05) is 21.3 Å². The molecule has 0 aromatic heterocycles. The Bertz CT molecular complexity index is 481. The third-order valence-electron chi connectivity index (χ3n) is 3.27. The van der Waals surface area contributed by atoms with E-state index < -0.39 is 0 Å². The fourth-order valence-electron chi connectivity index (χ4n) is 1.92. The topological polar surface area (TPSA) is 44.8 Å². The molecular formula is C17H26O4S. The predicted octanol–water partition coefficient (Wildman–Crippen LogP) is 4.30. The summed E-state index contributed by atoms with van der Waals surface area (Å²) in [5.74, 6) is 2.54. The Morgan fingerprint density at radius 1 is 1.05 bits per heavy atom. The highest BCUT2D eigenvalue weighted by molar-refractivity contribution is 8.12. The average Bonchev–Trinajstić information content (AvgIpc) is 2.49. The van der Waals surface area contributed by atoms with Crippen molar-refractivity contribution in [2.24, 2.45) is 5.41 Å². The summed E-state index contributed by atoms with van der Waals surface area (Å²) in [5.41, 5.74) is 1.05. The SMILES string of the molecule is COc1cc(OC)c(CSC(=O)CCC(C)(C)C)c(OC)c1. The van der Waals surface area contributed by atoms with E-state index in [1.54, 1.807) is 33.5 Å². The van der Waals surface area contributed by atoms with E-state index in [-0.39, 0.29) is 10.5 Å². The van der Waals surface area contributed by atoms with E-state index in [0.717, 1.165) is 12.0 Å². The van der Waals surface area contributed by atoms with Crippen molar-refractivity contribution in [3.05, 3.63) is 17.7 Å². The standard InChI is InChI=1S/C17H26O4S/c1-17(2,3)8-7-16(18)22-11-13-14(20-5)9-12(19-4)10-15(13)21-6/h9-10H,7-8,11H2,1-6H3. The van der Waals surface area contributed by atoms with Crippen LogP contribution in [-0.4, -0.2) is 26.4 Å². The first-order valence-corrected chi connectivity index (χ1v) is 8.24. The molecule has 0 fully saturated rings. The first kappa shape index (κ1) is 18.7. The van der Waals surface area contributed by atoms with Crippen LogP contribution < -0.4 is 14.2 Å². The summed E-state index contributed by atoms with van der Waals surface area (Å²) < 4.78 is 16.0. The molecule has 4 nitrogen and oxygen atoms in total. The predicted molar refractivity (Wildman–Crippen MR) is 91.1 cm³/mol. The lowest BCUT2D eigenvalue weighted by atomic mass is 9.91. The lowest BCUT2D eigenvalue weighted by molar-refractivity contribution is -0.111. The van der Waals surface area contributed by atoms with Crippen LogP contribution in [0, 0.1) is 5.41 Å². The molecule has 0 saturated heterocycles. The summed E-state index contributed by atoms with van der Waals surface area (Å²) in [4.78, 5) is 12.0. The molecule has 0 N–H and O–H groups in total. The maximum atomic E-state index is 12.0. The van der Waals surface area contributed by atoms with E-state index in [1.807, 2.05) is 0 Å². The molecule has 0 aliphatic carbocycles. The minimum Gasteiger partial charge on any atom is -0.496 e. The Morgan fingerprint density at radius 3 is 2.00 bits per heavy atom. The number of ether oxygens (including phenoxy) is 3. The maximum Gasteiger partial charge on any atom is 0.189 e. The van der Waals surface area contributed by atoms with E-state index in [0.29, 0.717) is 29.4 Å². The third-order valence-corrected chi connectivity index (χ3v) is 4.23. The van der Waals surface area contributed by atoms with Crippen molar-refractivity contribution < 1.29 is 19.0 Å². The Morgan fingerprint density at radius 2 is 1.59 bits per heavy atom. The van der Waals surface area contributed by atoms with Crippen LogP contribution in [0.1, 0.15) is 39.2 Å². The number of carbonyl (C=O) groups is 1. The minimum atomic E-state index is 0.172. The Hall–Kier alpha value is -1.36. The van der Waals surface area contributed by atoms with E-state index in [2.05, 4.69) is 20.8 Å². The second-order valence-electron chi connectivity index (χ2n) is 6.23. The third kappa shape index (κ3) is 5.79. The average molecular weight is 326 g/mol. The van der Waals surface area contributed by atoms with Gasteiger partial charge in [0.2, 0.25) is 0 Å². The minimum absolute atomic E-state index is 0.172. The molecule has 0 aliphatic rings. The smallest absolute Gasteiger partial charge is 0.189 e. The Kier molecular flexibility index (Phi) is 7.07. The normalized spacial score (nSPS) is 11.2. The summed E-state index contributed by atoms with van der Waals surface area (Å²) in [6.45, 7) is 6.42. The lowest BCUT2D eigenvalue weighted by Crippen LogP contribution is -2.07. The molecule has 1 aromatic carbocycles. The molecule has 0 unspecified atom stereocenters. The van der Waals surface area contributed by atoms with Crippen LogP contribution >= 0.6 is 11.8 Å². The quantitative estimate of drug-likeness (QED) is 0.747. The van der Waals surface area contributed by atoms with E-state index >= 15 is 0 Å². The number of methoxy groups -OCH3 is 3. The van der Waals surface area contributed by atoms with Crippen molar-refractivity contribution >= 4 is 16.9 Å². The van der Waals surface area contributed by atoms with Crippen molar-refractivity contribution in [2.45, 2.75) is 39.4 Å². The molecule has 0 amide bonds. The molecule has 124 valence electrons. The van der Waals surface area contributed by atoms with Gasteiger partial charge in [0.1, 0.15) is 17.2 Å². The van der Waals surface area contributed by atoms with Gasteiger partial charge < -0.3 is 14.2 Å². The summed E-state index contributed by atoms with van der Waals surface area (Å²) >= 11 is 1.30. The number of hydrogen-bond acceptors (Lipinski definition) is 5. The van der Waals surface area contributed by atoms with Crippen molar-refractivity contribution in [3.63, 3.8) is 0 Å². The highest BCUT2D eigenvalue weighted by Crippen LogP contribution is 2.37. The highest BCUT2D eigenvalue weighted by atomic mass is 32.2. The molecule has 22 heavy (non-hydrogen) atoms. The molecule has 5 heteroatoms. The second-order valence-corrected chi connectivity index (χ2v) is 7.26. The molecule has 0 bridgehead atoms. The summed E-state index contributed by atoms with van der Waals surface area (Å²) in [5, 5.41) is 0.190. The van der Waals surface area contributed by atoms with Gasteiger partial charge in [-0.2, -0.15) is 0 Å². The number of hydrogen-bond donors (Lipinski definition) is 0. The Labute approximate surface area is 137 Å². The van der Waals surface area contributed by atoms with Gasteiger partial charge in [0.15, 0.2) is 5.12 Å². The summed E-state index contributed by atoms with van der Waals surface area (Å²) in [6.07, 6.45) is 1.46. The molecule has 0 saturated carbocycles. The fraction of sp³-hybridized carbons (Fsp3) is 0.588. The zero-order valence-electron chi connectivity index (χ0n) is 14.3. The second kappa shape index (κ2) is 8.32. The first-order chi connectivity index (χ1) is 10.3. The van der Waals surface area contributed by atoms with Gasteiger partial charge in [0.25, 0.3) is 0 Å². The maximum absolute atomic E-state index is 12.0. The van der Waals surface area contributed by atoms with Gasteiger partial charge >= 0.3 is 0 Å². The summed E-state index contributed by atoms with van der Waals surface area (Å²) in [7, 11) is 4.80. The highest BCUT2D eigenvalue weighted by Gasteiger charge is 2.17. The number of rotatable bonds is 7. The van der Waals surface area contributed by atoms with Gasteiger partial charge in [-0.25, -0.2) is 0 Å². The largest absolute Gasteiger partial charge is 0.496 e. The van der Waals surface area contributed by atoms with Crippen LogP contribution in [0.4, 0.5) is 0 Å². The van der Waals surface area contributed by atoms with Crippen molar-refractivity contribution in [1.82, 2.24) is 0 Å². The molecule has 1 rings (SSSR count). The monoisotopic (exact) mass is 326 g/mol. The van der Waals surface area contributed by atoms with Crippen LogP contribution in [0.2, 0.25) is 0 Å². The lowest BCUT2D eigenvalue weighted by Gasteiger charge is -2.17. The molecule has 0 aliphatic heterocycles. The zero-order chi connectivity index (χ0) is 16.8. The van der Waals surface area contributed by atoms with Crippen molar-refractivity contribution in [1.29, 1.82) is 0 Å². The van der Waals surface area contributed by atoms with Crippen LogP contribution in [0.25, 0.3) is 0 Å². The van der Waals surface area contributed by atoms with Crippen LogP contribution in [0.5, 0.6) is 17.2 Å². The van der Waals surface area contributed by atoms with Gasteiger partial charge in [0, 0.05) is 29.9 Å². The van der Waals surface area contributed by atoms with Gasteiger partial charge in [-0.15, -0.1) is 0 Å². The van der Waals surface area contributed by atoms with Gasteiger partial charge in [-0.05, 0) is 11.8 Å². The van der Waals surface area contributed by atoms with Gasteiger partial charge in [-0.1, -0.05) is 32.5 Å². The van der Waals surface area contributed by atoms with E-state index in [1.165, 1.54) is 11.8 Å². The molecule has 0 atom stereocenters. The molecule has 1 aromatic rings. The summed E-state index contributed by atoms with van der Waals surface area (Å²) in [6, 6.07) is 3.61. The molecule has 0 radical (unpaired) electrons. The number of thioether (sulfide) groups is 1.